The minimum absolute atomic E-state index is 0.245. The Labute approximate surface area is 106 Å². The van der Waals surface area contributed by atoms with Gasteiger partial charge in [-0.1, -0.05) is 31.0 Å². The Morgan fingerprint density at radius 1 is 1.59 bits per heavy atom. The topological polar surface area (TPSA) is 52.9 Å². The number of benzene rings is 1. The summed E-state index contributed by atoms with van der Waals surface area (Å²) >= 11 is 5.85. The van der Waals surface area contributed by atoms with E-state index in [1.54, 1.807) is 18.2 Å². The van der Waals surface area contributed by atoms with Crippen LogP contribution in [0, 0.1) is 18.3 Å². The van der Waals surface area contributed by atoms with E-state index in [4.69, 9.17) is 16.9 Å². The van der Waals surface area contributed by atoms with Gasteiger partial charge in [-0.05, 0) is 31.0 Å². The highest BCUT2D eigenvalue weighted by Crippen LogP contribution is 2.15. The molecule has 1 rings (SSSR count). The van der Waals surface area contributed by atoms with Crippen LogP contribution in [0.3, 0.4) is 0 Å². The molecule has 1 unspecified atom stereocenters. The molecule has 1 aromatic carbocycles. The zero-order valence-electron chi connectivity index (χ0n) is 9.96. The molecule has 90 valence electrons. The van der Waals surface area contributed by atoms with Gasteiger partial charge < -0.3 is 5.32 Å². The first-order chi connectivity index (χ1) is 8.08. The average molecular weight is 251 g/mol. The lowest BCUT2D eigenvalue weighted by Gasteiger charge is -2.12. The number of amides is 1. The Bertz CT molecular complexity index is 451. The van der Waals surface area contributed by atoms with E-state index in [2.05, 4.69) is 11.4 Å². The molecule has 0 aliphatic carbocycles. The standard InChI is InChI=1S/C13H15ClN2O/c1-3-4-11(8-15)16-13(17)12-7-10(14)6-5-9(12)2/h5-7,11H,3-4H2,1-2H3,(H,16,17). The Morgan fingerprint density at radius 3 is 2.88 bits per heavy atom. The van der Waals surface area contributed by atoms with Crippen molar-refractivity contribution in [3.05, 3.63) is 34.3 Å². The number of nitrogens with one attached hydrogen (secondary N) is 1. The van der Waals surface area contributed by atoms with E-state index in [0.29, 0.717) is 17.0 Å². The molecule has 0 fully saturated rings. The van der Waals surface area contributed by atoms with Crippen LogP contribution in [0.25, 0.3) is 0 Å². The first-order valence-electron chi connectivity index (χ1n) is 5.55. The summed E-state index contributed by atoms with van der Waals surface area (Å²) in [4.78, 5) is 11.9. The Morgan fingerprint density at radius 2 is 2.29 bits per heavy atom. The third-order valence-corrected chi connectivity index (χ3v) is 2.72. The summed E-state index contributed by atoms with van der Waals surface area (Å²) in [6.07, 6.45) is 1.51. The number of aryl methyl sites for hydroxylation is 1. The molecular weight excluding hydrogens is 236 g/mol. The van der Waals surface area contributed by atoms with Crippen molar-refractivity contribution in [2.75, 3.05) is 0 Å². The quantitative estimate of drug-likeness (QED) is 0.893. The van der Waals surface area contributed by atoms with Gasteiger partial charge in [0.1, 0.15) is 6.04 Å². The van der Waals surface area contributed by atoms with Crippen molar-refractivity contribution in [3.8, 4) is 6.07 Å². The van der Waals surface area contributed by atoms with Crippen LogP contribution in [0.4, 0.5) is 0 Å². The maximum atomic E-state index is 11.9. The first-order valence-corrected chi connectivity index (χ1v) is 5.93. The highest BCUT2D eigenvalue weighted by Gasteiger charge is 2.14. The molecule has 0 saturated carbocycles. The monoisotopic (exact) mass is 250 g/mol. The lowest BCUT2D eigenvalue weighted by Crippen LogP contribution is -2.34. The van der Waals surface area contributed by atoms with E-state index in [1.807, 2.05) is 13.8 Å². The van der Waals surface area contributed by atoms with Crippen molar-refractivity contribution in [2.24, 2.45) is 0 Å². The van der Waals surface area contributed by atoms with E-state index in [1.165, 1.54) is 0 Å². The van der Waals surface area contributed by atoms with Crippen molar-refractivity contribution in [2.45, 2.75) is 32.7 Å². The van der Waals surface area contributed by atoms with Crippen LogP contribution in [0.5, 0.6) is 0 Å². The van der Waals surface area contributed by atoms with Crippen molar-refractivity contribution >= 4 is 17.5 Å². The molecule has 4 heteroatoms. The Hall–Kier alpha value is -1.53. The number of halogens is 1. The molecule has 0 bridgehead atoms. The zero-order valence-corrected chi connectivity index (χ0v) is 10.7. The molecule has 0 heterocycles. The van der Waals surface area contributed by atoms with E-state index >= 15 is 0 Å². The van der Waals surface area contributed by atoms with Gasteiger partial charge in [-0.2, -0.15) is 5.26 Å². The molecule has 0 aliphatic rings. The fourth-order valence-corrected chi connectivity index (χ4v) is 1.70. The molecule has 1 N–H and O–H groups in total. The molecule has 0 spiro atoms. The van der Waals surface area contributed by atoms with Crippen LogP contribution in [-0.4, -0.2) is 11.9 Å². The molecule has 0 aromatic heterocycles. The van der Waals surface area contributed by atoms with Gasteiger partial charge in [0.25, 0.3) is 5.91 Å². The predicted molar refractivity (Wildman–Crippen MR) is 68.0 cm³/mol. The highest BCUT2D eigenvalue weighted by atomic mass is 35.5. The smallest absolute Gasteiger partial charge is 0.252 e. The number of carbonyl (C=O) groups is 1. The van der Waals surface area contributed by atoms with Gasteiger partial charge in [0.05, 0.1) is 6.07 Å². The third-order valence-electron chi connectivity index (χ3n) is 2.48. The first kappa shape index (κ1) is 13.5. The van der Waals surface area contributed by atoms with Crippen LogP contribution < -0.4 is 5.32 Å². The SMILES string of the molecule is CCCC(C#N)NC(=O)c1cc(Cl)ccc1C. The van der Waals surface area contributed by atoms with Gasteiger partial charge in [0, 0.05) is 10.6 Å². The second-order valence-electron chi connectivity index (χ2n) is 3.90. The summed E-state index contributed by atoms with van der Waals surface area (Å²) in [7, 11) is 0. The van der Waals surface area contributed by atoms with Gasteiger partial charge in [-0.3, -0.25) is 4.79 Å². The summed E-state index contributed by atoms with van der Waals surface area (Å²) in [5.41, 5.74) is 1.37. The van der Waals surface area contributed by atoms with Gasteiger partial charge >= 0.3 is 0 Å². The van der Waals surface area contributed by atoms with E-state index in [-0.39, 0.29) is 5.91 Å². The van der Waals surface area contributed by atoms with Crippen molar-refractivity contribution in [1.29, 1.82) is 5.26 Å². The number of nitrogens with zero attached hydrogens (tertiary/aromatic N) is 1. The molecule has 17 heavy (non-hydrogen) atoms. The molecule has 3 nitrogen and oxygen atoms in total. The second kappa shape index (κ2) is 6.27. The summed E-state index contributed by atoms with van der Waals surface area (Å²) in [6.45, 7) is 3.81. The van der Waals surface area contributed by atoms with E-state index < -0.39 is 6.04 Å². The zero-order chi connectivity index (χ0) is 12.8. The minimum Gasteiger partial charge on any atom is -0.336 e. The summed E-state index contributed by atoms with van der Waals surface area (Å²) in [5, 5.41) is 12.1. The molecule has 0 saturated heterocycles. The largest absolute Gasteiger partial charge is 0.336 e. The van der Waals surface area contributed by atoms with Crippen LogP contribution in [0.2, 0.25) is 5.02 Å². The van der Waals surface area contributed by atoms with Gasteiger partial charge in [-0.25, -0.2) is 0 Å². The average Bonchev–Trinajstić information content (AvgIpc) is 2.31. The van der Waals surface area contributed by atoms with Crippen molar-refractivity contribution < 1.29 is 4.79 Å². The normalized spacial score (nSPS) is 11.6. The van der Waals surface area contributed by atoms with Crippen LogP contribution in [0.1, 0.15) is 35.7 Å². The summed E-state index contributed by atoms with van der Waals surface area (Å²) < 4.78 is 0. The molecular formula is C13H15ClN2O. The fraction of sp³-hybridized carbons (Fsp3) is 0.385. The van der Waals surface area contributed by atoms with Crippen LogP contribution >= 0.6 is 11.6 Å². The number of nitriles is 1. The lowest BCUT2D eigenvalue weighted by atomic mass is 10.1. The highest BCUT2D eigenvalue weighted by molar-refractivity contribution is 6.31. The number of carbonyl (C=O) groups excluding carboxylic acids is 1. The number of hydrogen-bond acceptors (Lipinski definition) is 2. The molecule has 1 atom stereocenters. The minimum atomic E-state index is -0.439. The fourth-order valence-electron chi connectivity index (χ4n) is 1.53. The Balaban J connectivity index is 2.83. The predicted octanol–water partition coefficient (Wildman–Crippen LogP) is 3.07. The molecule has 1 aromatic rings. The number of hydrogen-bond donors (Lipinski definition) is 1. The second-order valence-corrected chi connectivity index (χ2v) is 4.34. The maximum Gasteiger partial charge on any atom is 0.252 e. The van der Waals surface area contributed by atoms with Gasteiger partial charge in [0.15, 0.2) is 0 Å². The van der Waals surface area contributed by atoms with Crippen molar-refractivity contribution in [3.63, 3.8) is 0 Å². The summed E-state index contributed by atoms with van der Waals surface area (Å²) in [5.74, 6) is -0.245. The molecule has 0 aliphatic heterocycles. The summed E-state index contributed by atoms with van der Waals surface area (Å²) in [6, 6.07) is 6.78. The van der Waals surface area contributed by atoms with Gasteiger partial charge in [0.2, 0.25) is 0 Å². The third kappa shape index (κ3) is 3.76. The molecule has 0 radical (unpaired) electrons. The van der Waals surface area contributed by atoms with Crippen LogP contribution in [-0.2, 0) is 0 Å². The molecule has 1 amide bonds. The number of rotatable bonds is 4. The lowest BCUT2D eigenvalue weighted by molar-refractivity contribution is 0.0943. The maximum absolute atomic E-state index is 11.9. The van der Waals surface area contributed by atoms with Gasteiger partial charge in [-0.15, -0.1) is 0 Å². The van der Waals surface area contributed by atoms with Crippen molar-refractivity contribution in [1.82, 2.24) is 5.32 Å². The Kier molecular flexibility index (Phi) is 4.99. The van der Waals surface area contributed by atoms with Crippen LogP contribution in [0.15, 0.2) is 18.2 Å². The van der Waals surface area contributed by atoms with E-state index in [0.717, 1.165) is 12.0 Å². The van der Waals surface area contributed by atoms with E-state index in [9.17, 15) is 4.79 Å².